The van der Waals surface area contributed by atoms with E-state index < -0.39 is 17.8 Å². The summed E-state index contributed by atoms with van der Waals surface area (Å²) in [5.41, 5.74) is 1.00. The van der Waals surface area contributed by atoms with Crippen molar-refractivity contribution in [2.75, 3.05) is 0 Å². The Morgan fingerprint density at radius 3 is 2.55 bits per heavy atom. The molecule has 2 rings (SSSR count). The van der Waals surface area contributed by atoms with E-state index in [0.29, 0.717) is 11.1 Å². The Kier molecular flexibility index (Phi) is 4.11. The minimum atomic E-state index is -0.802. The maximum Gasteiger partial charge on any atom is 0.255 e. The number of benzene rings is 2. The minimum absolute atomic E-state index is 0.0545. The summed E-state index contributed by atoms with van der Waals surface area (Å²) in [6.07, 6.45) is 0. The van der Waals surface area contributed by atoms with Crippen LogP contribution < -0.4 is 5.32 Å². The van der Waals surface area contributed by atoms with E-state index in [4.69, 9.17) is 5.26 Å². The first kappa shape index (κ1) is 13.8. The number of nitrogens with one attached hydrogen (secondary N) is 1. The van der Waals surface area contributed by atoms with Gasteiger partial charge in [0.2, 0.25) is 0 Å². The maximum absolute atomic E-state index is 13.9. The highest BCUT2D eigenvalue weighted by molar-refractivity contribution is 5.95. The van der Waals surface area contributed by atoms with Crippen LogP contribution in [-0.4, -0.2) is 5.91 Å². The van der Waals surface area contributed by atoms with E-state index in [1.807, 2.05) is 12.1 Å². The first-order chi connectivity index (χ1) is 9.63. The number of carbonyl (C=O) groups excluding carboxylic acids is 1. The Morgan fingerprint density at radius 1 is 1.20 bits per heavy atom. The zero-order valence-electron chi connectivity index (χ0n) is 10.9. The topological polar surface area (TPSA) is 52.9 Å². The number of rotatable bonds is 3. The molecule has 100 valence electrons. The number of amides is 1. The van der Waals surface area contributed by atoms with Crippen LogP contribution in [-0.2, 0) is 0 Å². The summed E-state index contributed by atoms with van der Waals surface area (Å²) in [6.45, 7) is 1.59. The van der Waals surface area contributed by atoms with Gasteiger partial charge in [-0.15, -0.1) is 0 Å². The molecule has 1 unspecified atom stereocenters. The number of nitriles is 1. The molecular formula is C16H13FN2O. The molecule has 0 spiro atoms. The second-order valence-electron chi connectivity index (χ2n) is 4.38. The van der Waals surface area contributed by atoms with Crippen LogP contribution in [0.1, 0.15) is 27.5 Å². The van der Waals surface area contributed by atoms with Crippen molar-refractivity contribution in [3.63, 3.8) is 0 Å². The van der Waals surface area contributed by atoms with Crippen LogP contribution >= 0.6 is 0 Å². The Labute approximate surface area is 116 Å². The highest BCUT2D eigenvalue weighted by Crippen LogP contribution is 2.15. The molecule has 0 saturated heterocycles. The van der Waals surface area contributed by atoms with Crippen molar-refractivity contribution < 1.29 is 9.18 Å². The molecule has 3 nitrogen and oxygen atoms in total. The van der Waals surface area contributed by atoms with Gasteiger partial charge in [-0.1, -0.05) is 42.5 Å². The van der Waals surface area contributed by atoms with Crippen LogP contribution in [0.2, 0.25) is 0 Å². The standard InChI is InChI=1S/C16H13FN2O/c1-11-6-5-9-13(15(11)17)16(20)19-14(10-18)12-7-3-2-4-8-12/h2-9,14H,1H3,(H,19,20). The second-order valence-corrected chi connectivity index (χ2v) is 4.38. The zero-order valence-corrected chi connectivity index (χ0v) is 10.9. The summed E-state index contributed by atoms with van der Waals surface area (Å²) in [5, 5.41) is 11.7. The van der Waals surface area contributed by atoms with E-state index in [9.17, 15) is 9.18 Å². The van der Waals surface area contributed by atoms with Crippen molar-refractivity contribution >= 4 is 5.91 Å². The third kappa shape index (κ3) is 2.83. The molecule has 0 radical (unpaired) electrons. The summed E-state index contributed by atoms with van der Waals surface area (Å²) in [6, 6.07) is 14.6. The van der Waals surface area contributed by atoms with Gasteiger partial charge >= 0.3 is 0 Å². The molecule has 2 aromatic carbocycles. The number of hydrogen-bond acceptors (Lipinski definition) is 2. The SMILES string of the molecule is Cc1cccc(C(=O)NC(C#N)c2ccccc2)c1F. The van der Waals surface area contributed by atoms with Crippen molar-refractivity contribution in [2.45, 2.75) is 13.0 Å². The fourth-order valence-corrected chi connectivity index (χ4v) is 1.87. The van der Waals surface area contributed by atoms with Gasteiger partial charge < -0.3 is 5.32 Å². The Bertz CT molecular complexity index is 662. The molecule has 0 fully saturated rings. The fourth-order valence-electron chi connectivity index (χ4n) is 1.87. The van der Waals surface area contributed by atoms with E-state index in [-0.39, 0.29) is 5.56 Å². The highest BCUT2D eigenvalue weighted by atomic mass is 19.1. The first-order valence-corrected chi connectivity index (χ1v) is 6.14. The second kappa shape index (κ2) is 5.98. The monoisotopic (exact) mass is 268 g/mol. The molecule has 1 amide bonds. The van der Waals surface area contributed by atoms with Crippen LogP contribution in [0.15, 0.2) is 48.5 Å². The lowest BCUT2D eigenvalue weighted by atomic mass is 10.1. The van der Waals surface area contributed by atoms with Gasteiger partial charge in [-0.25, -0.2) is 4.39 Å². The maximum atomic E-state index is 13.9. The minimum Gasteiger partial charge on any atom is -0.332 e. The van der Waals surface area contributed by atoms with Crippen molar-refractivity contribution in [3.05, 3.63) is 71.0 Å². The number of carbonyl (C=O) groups is 1. The third-order valence-corrected chi connectivity index (χ3v) is 2.97. The van der Waals surface area contributed by atoms with Crippen LogP contribution in [0.25, 0.3) is 0 Å². The summed E-state index contributed by atoms with van der Waals surface area (Å²) in [7, 11) is 0. The molecule has 0 saturated carbocycles. The number of aryl methyl sites for hydroxylation is 1. The first-order valence-electron chi connectivity index (χ1n) is 6.14. The molecule has 20 heavy (non-hydrogen) atoms. The summed E-state index contributed by atoms with van der Waals surface area (Å²) < 4.78 is 13.9. The van der Waals surface area contributed by atoms with Crippen LogP contribution in [0.4, 0.5) is 4.39 Å². The van der Waals surface area contributed by atoms with Gasteiger partial charge in [0, 0.05) is 0 Å². The quantitative estimate of drug-likeness (QED) is 0.929. The highest BCUT2D eigenvalue weighted by Gasteiger charge is 2.18. The number of halogens is 1. The van der Waals surface area contributed by atoms with Crippen LogP contribution in [0.5, 0.6) is 0 Å². The third-order valence-electron chi connectivity index (χ3n) is 2.97. The molecule has 0 bridgehead atoms. The van der Waals surface area contributed by atoms with Gasteiger partial charge in [0.05, 0.1) is 11.6 Å². The average Bonchev–Trinajstić information content (AvgIpc) is 2.48. The van der Waals surface area contributed by atoms with E-state index in [0.717, 1.165) is 0 Å². The molecule has 0 aliphatic carbocycles. The lowest BCUT2D eigenvalue weighted by Gasteiger charge is -2.12. The van der Waals surface area contributed by atoms with E-state index in [2.05, 4.69) is 5.32 Å². The molecule has 2 aromatic rings. The largest absolute Gasteiger partial charge is 0.332 e. The molecule has 0 heterocycles. The molecule has 0 aliphatic heterocycles. The van der Waals surface area contributed by atoms with E-state index in [1.165, 1.54) is 6.07 Å². The molecule has 4 heteroatoms. The lowest BCUT2D eigenvalue weighted by Crippen LogP contribution is -2.28. The van der Waals surface area contributed by atoms with Crippen LogP contribution in [0.3, 0.4) is 0 Å². The normalized spacial score (nSPS) is 11.4. The van der Waals surface area contributed by atoms with Crippen molar-refractivity contribution in [3.8, 4) is 6.07 Å². The Balaban J connectivity index is 2.23. The molecular weight excluding hydrogens is 255 g/mol. The van der Waals surface area contributed by atoms with Crippen LogP contribution in [0, 0.1) is 24.1 Å². The van der Waals surface area contributed by atoms with Gasteiger partial charge in [-0.2, -0.15) is 5.26 Å². The van der Waals surface area contributed by atoms with E-state index in [1.54, 1.807) is 43.3 Å². The Morgan fingerprint density at radius 2 is 1.90 bits per heavy atom. The zero-order chi connectivity index (χ0) is 14.5. The summed E-state index contributed by atoms with van der Waals surface area (Å²) >= 11 is 0. The average molecular weight is 268 g/mol. The summed E-state index contributed by atoms with van der Waals surface area (Å²) in [5.74, 6) is -1.16. The predicted molar refractivity (Wildman–Crippen MR) is 73.4 cm³/mol. The predicted octanol–water partition coefficient (Wildman–Crippen LogP) is 3.13. The van der Waals surface area contributed by atoms with Crippen molar-refractivity contribution in [2.24, 2.45) is 0 Å². The van der Waals surface area contributed by atoms with Gasteiger partial charge in [0.15, 0.2) is 0 Å². The smallest absolute Gasteiger partial charge is 0.255 e. The van der Waals surface area contributed by atoms with E-state index >= 15 is 0 Å². The molecule has 0 aromatic heterocycles. The van der Waals surface area contributed by atoms with Gasteiger partial charge in [0.1, 0.15) is 11.9 Å². The van der Waals surface area contributed by atoms with Gasteiger partial charge in [-0.05, 0) is 24.1 Å². The number of hydrogen-bond donors (Lipinski definition) is 1. The van der Waals surface area contributed by atoms with Gasteiger partial charge in [0.25, 0.3) is 5.91 Å². The van der Waals surface area contributed by atoms with Crippen molar-refractivity contribution in [1.82, 2.24) is 5.32 Å². The Hall–Kier alpha value is -2.67. The lowest BCUT2D eigenvalue weighted by molar-refractivity contribution is 0.0941. The molecule has 1 atom stereocenters. The molecule has 1 N–H and O–H groups in total. The van der Waals surface area contributed by atoms with Crippen molar-refractivity contribution in [1.29, 1.82) is 5.26 Å². The number of nitrogens with zero attached hydrogens (tertiary/aromatic N) is 1. The fraction of sp³-hybridized carbons (Fsp3) is 0.125. The molecule has 0 aliphatic rings. The van der Waals surface area contributed by atoms with Gasteiger partial charge in [-0.3, -0.25) is 4.79 Å². The summed E-state index contributed by atoms with van der Waals surface area (Å²) in [4.78, 5) is 12.1.